The van der Waals surface area contributed by atoms with E-state index in [1.807, 2.05) is 26.0 Å². The van der Waals surface area contributed by atoms with Gasteiger partial charge in [-0.05, 0) is 62.1 Å². The predicted octanol–water partition coefficient (Wildman–Crippen LogP) is 3.45. The van der Waals surface area contributed by atoms with Gasteiger partial charge in [0.05, 0.1) is 0 Å². The number of hydrogen-bond acceptors (Lipinski definition) is 4. The molecule has 2 N–H and O–H groups in total. The Kier molecular flexibility index (Phi) is 5.57. The Morgan fingerprint density at radius 3 is 2.38 bits per heavy atom. The number of nitrogens with zero attached hydrogens (tertiary/aromatic N) is 1. The highest BCUT2D eigenvalue weighted by atomic mass is 32.2. The molecule has 0 saturated heterocycles. The summed E-state index contributed by atoms with van der Waals surface area (Å²) in [5, 5.41) is 2.55. The minimum Gasteiger partial charge on any atom is -0.324 e. The third-order valence-electron chi connectivity index (χ3n) is 4.80. The molecule has 0 saturated carbocycles. The van der Waals surface area contributed by atoms with Gasteiger partial charge in [-0.2, -0.15) is 0 Å². The maximum absolute atomic E-state index is 13.6. The van der Waals surface area contributed by atoms with Crippen LogP contribution in [0.3, 0.4) is 0 Å². The quantitative estimate of drug-likeness (QED) is 0.802. The van der Waals surface area contributed by atoms with Crippen LogP contribution < -0.4 is 10.0 Å². The van der Waals surface area contributed by atoms with E-state index < -0.39 is 21.7 Å². The summed E-state index contributed by atoms with van der Waals surface area (Å²) >= 11 is 0. The van der Waals surface area contributed by atoms with Crippen molar-refractivity contribution in [3.8, 4) is 0 Å². The fraction of sp³-hybridized carbons (Fsp3) is 0.238. The number of amides is 1. The Hall–Kier alpha value is -3.00. The van der Waals surface area contributed by atoms with Crippen molar-refractivity contribution in [3.63, 3.8) is 0 Å². The largest absolute Gasteiger partial charge is 0.324 e. The Labute approximate surface area is 169 Å². The van der Waals surface area contributed by atoms with E-state index in [1.165, 1.54) is 6.07 Å². The highest BCUT2D eigenvalue weighted by molar-refractivity contribution is 8.00. The molecule has 0 radical (unpaired) electrons. The molecule has 0 fully saturated rings. The van der Waals surface area contributed by atoms with E-state index in [9.17, 15) is 17.6 Å². The molecular formula is C21H22FN3O3S. The summed E-state index contributed by atoms with van der Waals surface area (Å²) in [5.41, 5.74) is 3.85. The van der Waals surface area contributed by atoms with Crippen LogP contribution in [0.25, 0.3) is 4.91 Å². The van der Waals surface area contributed by atoms with Gasteiger partial charge in [0.25, 0.3) is 10.0 Å². The average molecular weight is 415 g/mol. The Morgan fingerprint density at radius 2 is 1.72 bits per heavy atom. The van der Waals surface area contributed by atoms with E-state index in [-0.39, 0.29) is 17.3 Å². The SMILES string of the molecule is CC1=C(c2ccc(C)c(C)c2)S(=O)(=O)NC1=NCC(=O)Nc1ccc(C)c(F)c1. The minimum atomic E-state index is -3.77. The molecule has 8 heteroatoms. The molecule has 1 aliphatic rings. The zero-order valence-electron chi connectivity index (χ0n) is 16.6. The van der Waals surface area contributed by atoms with Gasteiger partial charge in [-0.15, -0.1) is 0 Å². The molecule has 3 rings (SSSR count). The lowest BCUT2D eigenvalue weighted by molar-refractivity contribution is -0.114. The van der Waals surface area contributed by atoms with Crippen LogP contribution in [0.5, 0.6) is 0 Å². The molecule has 1 amide bonds. The molecule has 2 aromatic rings. The van der Waals surface area contributed by atoms with Gasteiger partial charge in [-0.3, -0.25) is 14.5 Å². The number of carbonyl (C=O) groups is 1. The normalized spacial score (nSPS) is 16.8. The van der Waals surface area contributed by atoms with E-state index in [1.54, 1.807) is 32.0 Å². The molecule has 0 unspecified atom stereocenters. The zero-order chi connectivity index (χ0) is 21.3. The average Bonchev–Trinajstić information content (AvgIpc) is 2.87. The van der Waals surface area contributed by atoms with E-state index in [0.29, 0.717) is 22.4 Å². The van der Waals surface area contributed by atoms with Crippen LogP contribution in [0.1, 0.15) is 29.2 Å². The van der Waals surface area contributed by atoms with Gasteiger partial charge in [0.2, 0.25) is 5.91 Å². The van der Waals surface area contributed by atoms with Crippen LogP contribution in [-0.2, 0) is 14.8 Å². The number of hydrogen-bond donors (Lipinski definition) is 2. The lowest BCUT2D eigenvalue weighted by atomic mass is 10.0. The van der Waals surface area contributed by atoms with Crippen molar-refractivity contribution in [1.82, 2.24) is 4.72 Å². The number of sulfonamides is 1. The van der Waals surface area contributed by atoms with Gasteiger partial charge in [-0.1, -0.05) is 24.3 Å². The van der Waals surface area contributed by atoms with E-state index in [4.69, 9.17) is 0 Å². The van der Waals surface area contributed by atoms with Gasteiger partial charge >= 0.3 is 0 Å². The number of halogens is 1. The molecule has 1 heterocycles. The van der Waals surface area contributed by atoms with Crippen molar-refractivity contribution in [2.24, 2.45) is 4.99 Å². The second kappa shape index (κ2) is 7.79. The van der Waals surface area contributed by atoms with Crippen molar-refractivity contribution in [3.05, 3.63) is 70.0 Å². The highest BCUT2D eigenvalue weighted by Gasteiger charge is 2.32. The summed E-state index contributed by atoms with van der Waals surface area (Å²) < 4.78 is 41.2. The number of rotatable bonds is 4. The number of aliphatic imine (C=N–C) groups is 1. The molecule has 0 aliphatic carbocycles. The van der Waals surface area contributed by atoms with Crippen LogP contribution in [0, 0.1) is 26.6 Å². The summed E-state index contributed by atoms with van der Waals surface area (Å²) in [5.74, 6) is -0.773. The number of carbonyl (C=O) groups excluding carboxylic acids is 1. The van der Waals surface area contributed by atoms with Gasteiger partial charge < -0.3 is 5.32 Å². The summed E-state index contributed by atoms with van der Waals surface area (Å²) in [6.45, 7) is 6.84. The molecule has 0 spiro atoms. The standard InChI is InChI=1S/C21H22FN3O3S/c1-12-5-7-16(9-14(12)3)20-15(4)21(25-29(20,27)28)23-11-19(26)24-17-8-6-13(2)18(22)10-17/h5-10H,11H2,1-4H3,(H,23,25)(H,24,26). The first-order valence-corrected chi connectivity index (χ1v) is 10.5. The maximum atomic E-state index is 13.6. The monoisotopic (exact) mass is 415 g/mol. The van der Waals surface area contributed by atoms with E-state index in [0.717, 1.165) is 11.1 Å². The molecule has 1 aliphatic heterocycles. The third kappa shape index (κ3) is 4.37. The number of aryl methyl sites for hydroxylation is 3. The van der Waals surface area contributed by atoms with Crippen LogP contribution in [0.2, 0.25) is 0 Å². The summed E-state index contributed by atoms with van der Waals surface area (Å²) in [4.78, 5) is 16.4. The fourth-order valence-electron chi connectivity index (χ4n) is 2.99. The number of benzene rings is 2. The van der Waals surface area contributed by atoms with Crippen LogP contribution >= 0.6 is 0 Å². The van der Waals surface area contributed by atoms with Crippen molar-refractivity contribution < 1.29 is 17.6 Å². The Morgan fingerprint density at radius 1 is 1.03 bits per heavy atom. The first kappa shape index (κ1) is 20.7. The summed E-state index contributed by atoms with van der Waals surface area (Å²) in [7, 11) is -3.77. The Bertz CT molecular complexity index is 1170. The van der Waals surface area contributed by atoms with Crippen molar-refractivity contribution >= 4 is 32.4 Å². The summed E-state index contributed by atoms with van der Waals surface area (Å²) in [6, 6.07) is 9.80. The highest BCUT2D eigenvalue weighted by Crippen LogP contribution is 2.30. The molecule has 6 nitrogen and oxygen atoms in total. The molecule has 152 valence electrons. The number of amidine groups is 1. The lowest BCUT2D eigenvalue weighted by Crippen LogP contribution is -2.25. The minimum absolute atomic E-state index is 0.128. The first-order chi connectivity index (χ1) is 13.6. The molecule has 29 heavy (non-hydrogen) atoms. The van der Waals surface area contributed by atoms with Gasteiger partial charge in [0.1, 0.15) is 23.1 Å². The molecule has 0 aromatic heterocycles. The van der Waals surface area contributed by atoms with Crippen LogP contribution in [0.4, 0.5) is 10.1 Å². The fourth-order valence-corrected chi connectivity index (χ4v) is 4.50. The van der Waals surface area contributed by atoms with Gasteiger partial charge in [0, 0.05) is 11.3 Å². The lowest BCUT2D eigenvalue weighted by Gasteiger charge is -2.06. The molecule has 0 atom stereocenters. The van der Waals surface area contributed by atoms with E-state index in [2.05, 4.69) is 15.0 Å². The van der Waals surface area contributed by atoms with Gasteiger partial charge in [-0.25, -0.2) is 12.8 Å². The van der Waals surface area contributed by atoms with Gasteiger partial charge in [0.15, 0.2) is 0 Å². The first-order valence-electron chi connectivity index (χ1n) is 9.00. The summed E-state index contributed by atoms with van der Waals surface area (Å²) in [6.07, 6.45) is 0. The number of nitrogens with one attached hydrogen (secondary N) is 2. The topological polar surface area (TPSA) is 87.6 Å². The molecule has 0 bridgehead atoms. The van der Waals surface area contributed by atoms with E-state index >= 15 is 0 Å². The van der Waals surface area contributed by atoms with Crippen molar-refractivity contribution in [2.75, 3.05) is 11.9 Å². The Balaban J connectivity index is 1.82. The zero-order valence-corrected chi connectivity index (χ0v) is 17.4. The third-order valence-corrected chi connectivity index (χ3v) is 6.34. The van der Waals surface area contributed by atoms with Crippen molar-refractivity contribution in [2.45, 2.75) is 27.7 Å². The second-order valence-electron chi connectivity index (χ2n) is 7.04. The second-order valence-corrected chi connectivity index (χ2v) is 8.65. The van der Waals surface area contributed by atoms with Crippen LogP contribution in [-0.4, -0.2) is 26.7 Å². The number of anilines is 1. The molecular weight excluding hydrogens is 393 g/mol. The molecule has 2 aromatic carbocycles. The predicted molar refractivity (Wildman–Crippen MR) is 113 cm³/mol. The van der Waals surface area contributed by atoms with Crippen LogP contribution in [0.15, 0.2) is 47.0 Å². The smallest absolute Gasteiger partial charge is 0.264 e. The van der Waals surface area contributed by atoms with Crippen molar-refractivity contribution in [1.29, 1.82) is 0 Å². The maximum Gasteiger partial charge on any atom is 0.264 e.